The number of rotatable bonds is 5. The Kier molecular flexibility index (Phi) is 5.36. The summed E-state index contributed by atoms with van der Waals surface area (Å²) >= 11 is 1.29. The molecule has 1 saturated heterocycles. The fraction of sp³-hybridized carbons (Fsp3) is 0.455. The van der Waals surface area contributed by atoms with Crippen LogP contribution >= 0.6 is 11.5 Å². The molecule has 0 amide bonds. The third kappa shape index (κ3) is 4.16. The zero-order valence-corrected chi connectivity index (χ0v) is 17.8. The summed E-state index contributed by atoms with van der Waals surface area (Å²) in [4.78, 5) is 25.0. The molecule has 7 heteroatoms. The van der Waals surface area contributed by atoms with Gasteiger partial charge in [-0.3, -0.25) is 9.17 Å². The molecular formula is C22H26N2O4S. The van der Waals surface area contributed by atoms with Crippen molar-refractivity contribution in [1.29, 1.82) is 0 Å². The minimum atomic E-state index is -0.347. The van der Waals surface area contributed by atoms with Crippen molar-refractivity contribution in [2.75, 3.05) is 13.2 Å². The first-order valence-corrected chi connectivity index (χ1v) is 10.8. The largest absolute Gasteiger partial charge is 0.461 e. The molecule has 1 unspecified atom stereocenters. The lowest BCUT2D eigenvalue weighted by atomic mass is 9.83. The van der Waals surface area contributed by atoms with Crippen molar-refractivity contribution >= 4 is 28.4 Å². The van der Waals surface area contributed by atoms with Gasteiger partial charge in [-0.1, -0.05) is 17.6 Å². The second kappa shape index (κ2) is 7.80. The van der Waals surface area contributed by atoms with E-state index in [2.05, 4.69) is 36.4 Å². The maximum absolute atomic E-state index is 12.6. The highest BCUT2D eigenvalue weighted by atomic mass is 32.1. The number of ether oxygens (including phenoxy) is 2. The second-order valence-electron chi connectivity index (χ2n) is 8.13. The van der Waals surface area contributed by atoms with E-state index in [9.17, 15) is 9.59 Å². The van der Waals surface area contributed by atoms with Gasteiger partial charge in [0.15, 0.2) is 0 Å². The van der Waals surface area contributed by atoms with Crippen molar-refractivity contribution in [2.24, 2.45) is 0 Å². The number of hydrogen-bond acceptors (Lipinski definition) is 5. The lowest BCUT2D eigenvalue weighted by Crippen LogP contribution is -2.32. The van der Waals surface area contributed by atoms with Gasteiger partial charge in [0.2, 0.25) is 0 Å². The topological polar surface area (TPSA) is 73.3 Å². The van der Waals surface area contributed by atoms with Gasteiger partial charge in [0, 0.05) is 28.5 Å². The molecule has 3 aromatic rings. The molecule has 0 saturated carbocycles. The Balaban J connectivity index is 1.74. The Morgan fingerprint density at radius 3 is 2.86 bits per heavy atom. The predicted octanol–water partition coefficient (Wildman–Crippen LogP) is 4.29. The van der Waals surface area contributed by atoms with Crippen molar-refractivity contribution < 1.29 is 14.3 Å². The number of aromatic nitrogens is 2. The van der Waals surface area contributed by atoms with Gasteiger partial charge in [0.25, 0.3) is 5.56 Å². The van der Waals surface area contributed by atoms with Crippen LogP contribution in [0.2, 0.25) is 0 Å². The maximum atomic E-state index is 12.6. The molecule has 1 N–H and O–H groups in total. The summed E-state index contributed by atoms with van der Waals surface area (Å²) in [5.41, 5.74) is 2.50. The number of carbonyl (C=O) groups excluding carboxylic acids is 1. The molecule has 1 fully saturated rings. The van der Waals surface area contributed by atoms with Crippen LogP contribution in [0, 0.1) is 0 Å². The van der Waals surface area contributed by atoms with Crippen LogP contribution in [0.3, 0.4) is 0 Å². The molecule has 1 aliphatic rings. The molecule has 4 rings (SSSR count). The van der Waals surface area contributed by atoms with Crippen LogP contribution in [-0.4, -0.2) is 33.7 Å². The third-order valence-corrected chi connectivity index (χ3v) is 6.28. The fourth-order valence-corrected chi connectivity index (χ4v) is 4.81. The summed E-state index contributed by atoms with van der Waals surface area (Å²) in [7, 11) is 0. The number of fused-ring (bicyclic) bond motifs is 1. The number of benzene rings is 1. The molecule has 2 aromatic heterocycles. The van der Waals surface area contributed by atoms with E-state index in [-0.39, 0.29) is 17.1 Å². The first-order chi connectivity index (χ1) is 13.9. The van der Waals surface area contributed by atoms with E-state index in [1.807, 2.05) is 10.6 Å². The molecule has 3 heterocycles. The van der Waals surface area contributed by atoms with E-state index >= 15 is 0 Å². The van der Waals surface area contributed by atoms with Crippen molar-refractivity contribution in [1.82, 2.24) is 8.94 Å². The van der Waals surface area contributed by atoms with Crippen LogP contribution in [0.1, 0.15) is 60.5 Å². The smallest absolute Gasteiger partial charge is 0.354 e. The number of nitrogens with zero attached hydrogens (tertiary/aromatic N) is 1. The standard InChI is InChI=1S/C22H26N2O4S/c1-4-27-21(26)19-10-16-9-14(15-7-8-28-22(2,3)12-15)5-6-18(16)24(19)13-17-11-20(25)23-29-17/h5-6,9-11,15H,4,7-8,12-13H2,1-3H3,(H,23,25). The SMILES string of the molecule is CCOC(=O)c1cc2cc(C3CCOC(C)(C)C3)ccc2n1Cc1cc(=O)[nH]s1. The van der Waals surface area contributed by atoms with Crippen molar-refractivity contribution in [2.45, 2.75) is 51.7 Å². The number of aromatic amines is 1. The molecule has 1 aliphatic heterocycles. The Morgan fingerprint density at radius 2 is 2.17 bits per heavy atom. The van der Waals surface area contributed by atoms with Gasteiger partial charge in [-0.25, -0.2) is 4.79 Å². The average Bonchev–Trinajstić information content (AvgIpc) is 3.24. The van der Waals surface area contributed by atoms with Crippen LogP contribution in [0.15, 0.2) is 35.1 Å². The minimum absolute atomic E-state index is 0.119. The lowest BCUT2D eigenvalue weighted by molar-refractivity contribution is -0.0592. The fourth-order valence-electron chi connectivity index (χ4n) is 4.16. The van der Waals surface area contributed by atoms with E-state index in [4.69, 9.17) is 9.47 Å². The van der Waals surface area contributed by atoms with Gasteiger partial charge in [0.05, 0.1) is 18.8 Å². The summed E-state index contributed by atoms with van der Waals surface area (Å²) in [5, 5.41) is 1.01. The van der Waals surface area contributed by atoms with E-state index in [0.29, 0.717) is 24.8 Å². The maximum Gasteiger partial charge on any atom is 0.354 e. The van der Waals surface area contributed by atoms with E-state index < -0.39 is 0 Å². The number of H-pyrrole nitrogens is 1. The first kappa shape index (κ1) is 19.9. The van der Waals surface area contributed by atoms with Crippen LogP contribution in [-0.2, 0) is 16.0 Å². The van der Waals surface area contributed by atoms with E-state index in [1.54, 1.807) is 13.0 Å². The third-order valence-electron chi connectivity index (χ3n) is 5.47. The number of carbonyl (C=O) groups is 1. The molecule has 0 bridgehead atoms. The normalized spacial score (nSPS) is 18.8. The summed E-state index contributed by atoms with van der Waals surface area (Å²) in [6.07, 6.45) is 1.97. The highest BCUT2D eigenvalue weighted by molar-refractivity contribution is 7.05. The van der Waals surface area contributed by atoms with Crippen LogP contribution in [0.25, 0.3) is 10.9 Å². The first-order valence-electron chi connectivity index (χ1n) is 9.98. The Hall–Kier alpha value is -2.38. The zero-order valence-electron chi connectivity index (χ0n) is 17.0. The summed E-state index contributed by atoms with van der Waals surface area (Å²) < 4.78 is 15.8. The Bertz CT molecular complexity index is 1090. The van der Waals surface area contributed by atoms with Crippen LogP contribution < -0.4 is 5.56 Å². The second-order valence-corrected chi connectivity index (χ2v) is 9.06. The van der Waals surface area contributed by atoms with E-state index in [1.165, 1.54) is 17.1 Å². The summed E-state index contributed by atoms with van der Waals surface area (Å²) in [6.45, 7) is 7.60. The summed E-state index contributed by atoms with van der Waals surface area (Å²) in [5.74, 6) is 0.0905. The molecule has 0 aliphatic carbocycles. The van der Waals surface area contributed by atoms with Gasteiger partial charge in [0.1, 0.15) is 5.69 Å². The molecule has 1 aromatic carbocycles. The van der Waals surface area contributed by atoms with Crippen molar-refractivity contribution in [3.63, 3.8) is 0 Å². The van der Waals surface area contributed by atoms with Gasteiger partial charge in [-0.15, -0.1) is 0 Å². The van der Waals surface area contributed by atoms with Crippen LogP contribution in [0.5, 0.6) is 0 Å². The molecule has 6 nitrogen and oxygen atoms in total. The minimum Gasteiger partial charge on any atom is -0.461 e. The Labute approximate surface area is 173 Å². The number of nitrogens with one attached hydrogen (secondary N) is 1. The van der Waals surface area contributed by atoms with Gasteiger partial charge < -0.3 is 14.0 Å². The van der Waals surface area contributed by atoms with Gasteiger partial charge in [-0.2, -0.15) is 0 Å². The highest BCUT2D eigenvalue weighted by Crippen LogP contribution is 2.37. The monoisotopic (exact) mass is 414 g/mol. The van der Waals surface area contributed by atoms with Gasteiger partial charge >= 0.3 is 5.97 Å². The van der Waals surface area contributed by atoms with Gasteiger partial charge in [-0.05, 0) is 63.3 Å². The van der Waals surface area contributed by atoms with Crippen molar-refractivity contribution in [3.8, 4) is 0 Å². The quantitative estimate of drug-likeness (QED) is 0.632. The molecule has 1 atom stereocenters. The molecule has 154 valence electrons. The zero-order chi connectivity index (χ0) is 20.6. The Morgan fingerprint density at radius 1 is 1.34 bits per heavy atom. The van der Waals surface area contributed by atoms with Crippen molar-refractivity contribution in [3.05, 3.63) is 56.8 Å². The van der Waals surface area contributed by atoms with Crippen LogP contribution in [0.4, 0.5) is 0 Å². The molecule has 0 radical (unpaired) electrons. The number of esters is 1. The highest BCUT2D eigenvalue weighted by Gasteiger charge is 2.30. The lowest BCUT2D eigenvalue weighted by Gasteiger charge is -2.35. The van der Waals surface area contributed by atoms with E-state index in [0.717, 1.165) is 35.2 Å². The summed E-state index contributed by atoms with van der Waals surface area (Å²) in [6, 6.07) is 9.88. The molecule has 29 heavy (non-hydrogen) atoms. The average molecular weight is 415 g/mol. The predicted molar refractivity (Wildman–Crippen MR) is 114 cm³/mol. The molecular weight excluding hydrogens is 388 g/mol. The molecule has 0 spiro atoms. The number of hydrogen-bond donors (Lipinski definition) is 1.